The Morgan fingerprint density at radius 1 is 1.08 bits per heavy atom. The van der Waals surface area contributed by atoms with E-state index in [9.17, 15) is 8.78 Å². The first-order valence-electron chi connectivity index (χ1n) is 8.22. The van der Waals surface area contributed by atoms with Crippen LogP contribution in [0.5, 0.6) is 5.75 Å². The molecule has 1 atom stereocenters. The number of methoxy groups -OCH3 is 1. The maximum absolute atomic E-state index is 14.5. The van der Waals surface area contributed by atoms with Crippen molar-refractivity contribution in [3.05, 3.63) is 65.2 Å². The molecule has 1 fully saturated rings. The lowest BCUT2D eigenvalue weighted by atomic mass is 9.96. The Morgan fingerprint density at radius 3 is 2.75 bits per heavy atom. The molecule has 0 spiro atoms. The summed E-state index contributed by atoms with van der Waals surface area (Å²) in [6, 6.07) is 11.2. The molecule has 2 aromatic rings. The van der Waals surface area contributed by atoms with Crippen LogP contribution < -0.4 is 10.1 Å². The molecule has 1 aliphatic heterocycles. The van der Waals surface area contributed by atoms with Gasteiger partial charge in [-0.2, -0.15) is 0 Å². The smallest absolute Gasteiger partial charge is 0.131 e. The lowest BCUT2D eigenvalue weighted by Crippen LogP contribution is -2.33. The zero-order chi connectivity index (χ0) is 16.9. The summed E-state index contributed by atoms with van der Waals surface area (Å²) in [6.45, 7) is 3.46. The van der Waals surface area contributed by atoms with E-state index < -0.39 is 11.6 Å². The summed E-state index contributed by atoms with van der Waals surface area (Å²) in [7, 11) is 1.61. The van der Waals surface area contributed by atoms with Crippen molar-refractivity contribution in [1.29, 1.82) is 0 Å². The molecular formula is C19H22F2N2O. The number of halogens is 2. The van der Waals surface area contributed by atoms with Crippen LogP contribution in [0.15, 0.2) is 42.5 Å². The van der Waals surface area contributed by atoms with Crippen molar-refractivity contribution in [3.8, 4) is 5.75 Å². The summed E-state index contributed by atoms with van der Waals surface area (Å²) in [4.78, 5) is 2.24. The van der Waals surface area contributed by atoms with Crippen molar-refractivity contribution in [2.24, 2.45) is 0 Å². The molecule has 0 saturated carbocycles. The summed E-state index contributed by atoms with van der Waals surface area (Å²) in [5.41, 5.74) is 1.44. The van der Waals surface area contributed by atoms with Crippen molar-refractivity contribution < 1.29 is 13.5 Å². The number of ether oxygens (including phenoxy) is 1. The van der Waals surface area contributed by atoms with Crippen molar-refractivity contribution in [2.75, 3.05) is 33.3 Å². The van der Waals surface area contributed by atoms with Gasteiger partial charge in [-0.05, 0) is 36.7 Å². The topological polar surface area (TPSA) is 24.5 Å². The van der Waals surface area contributed by atoms with Gasteiger partial charge in [0.2, 0.25) is 0 Å². The van der Waals surface area contributed by atoms with Gasteiger partial charge < -0.3 is 10.1 Å². The molecule has 128 valence electrons. The van der Waals surface area contributed by atoms with Gasteiger partial charge in [-0.25, -0.2) is 8.78 Å². The van der Waals surface area contributed by atoms with Gasteiger partial charge in [-0.1, -0.05) is 18.2 Å². The molecule has 0 amide bonds. The van der Waals surface area contributed by atoms with Crippen LogP contribution in [0.1, 0.15) is 23.6 Å². The molecule has 0 radical (unpaired) electrons. The average Bonchev–Trinajstić information content (AvgIpc) is 2.86. The molecule has 3 rings (SSSR count). The molecule has 3 nitrogen and oxygen atoms in total. The third-order valence-corrected chi connectivity index (χ3v) is 4.41. The number of benzene rings is 2. The highest BCUT2D eigenvalue weighted by Gasteiger charge is 2.26. The summed E-state index contributed by atoms with van der Waals surface area (Å²) in [6.07, 6.45) is 0.989. The average molecular weight is 332 g/mol. The molecule has 1 N–H and O–H groups in total. The number of rotatable bonds is 4. The SMILES string of the molecule is COc1cccc(C(c2ccc(F)cc2F)N2CCCNCC2)c1. The van der Waals surface area contributed by atoms with Crippen LogP contribution in [0, 0.1) is 11.6 Å². The lowest BCUT2D eigenvalue weighted by molar-refractivity contribution is 0.236. The fraction of sp³-hybridized carbons (Fsp3) is 0.368. The maximum atomic E-state index is 14.5. The van der Waals surface area contributed by atoms with Crippen LogP contribution in [0.25, 0.3) is 0 Å². The minimum Gasteiger partial charge on any atom is -0.497 e. The monoisotopic (exact) mass is 332 g/mol. The minimum absolute atomic E-state index is 0.263. The first-order valence-corrected chi connectivity index (χ1v) is 8.22. The molecule has 0 aromatic heterocycles. The molecule has 2 aromatic carbocycles. The van der Waals surface area contributed by atoms with E-state index in [1.54, 1.807) is 13.2 Å². The molecule has 1 aliphatic rings. The highest BCUT2D eigenvalue weighted by atomic mass is 19.1. The Morgan fingerprint density at radius 2 is 1.96 bits per heavy atom. The van der Waals surface area contributed by atoms with E-state index in [1.165, 1.54) is 6.07 Å². The van der Waals surface area contributed by atoms with Gasteiger partial charge in [-0.15, -0.1) is 0 Å². The maximum Gasteiger partial charge on any atom is 0.131 e. The fourth-order valence-corrected chi connectivity index (χ4v) is 3.25. The van der Waals surface area contributed by atoms with Gasteiger partial charge in [0.25, 0.3) is 0 Å². The van der Waals surface area contributed by atoms with E-state index in [-0.39, 0.29) is 6.04 Å². The van der Waals surface area contributed by atoms with E-state index in [1.807, 2.05) is 24.3 Å². The molecule has 0 bridgehead atoms. The van der Waals surface area contributed by atoms with E-state index in [2.05, 4.69) is 10.2 Å². The molecule has 1 saturated heterocycles. The van der Waals surface area contributed by atoms with Gasteiger partial charge in [0, 0.05) is 31.3 Å². The Labute approximate surface area is 141 Å². The molecule has 1 unspecified atom stereocenters. The largest absolute Gasteiger partial charge is 0.497 e. The van der Waals surface area contributed by atoms with Crippen LogP contribution in [-0.4, -0.2) is 38.2 Å². The zero-order valence-corrected chi connectivity index (χ0v) is 13.8. The van der Waals surface area contributed by atoms with Crippen LogP contribution in [0.3, 0.4) is 0 Å². The summed E-state index contributed by atoms with van der Waals surface area (Å²) >= 11 is 0. The highest BCUT2D eigenvalue weighted by Crippen LogP contribution is 2.32. The van der Waals surface area contributed by atoms with E-state index in [4.69, 9.17) is 4.74 Å². The Kier molecular flexibility index (Phi) is 5.43. The Hall–Kier alpha value is -1.98. The van der Waals surface area contributed by atoms with E-state index in [0.29, 0.717) is 5.56 Å². The highest BCUT2D eigenvalue weighted by molar-refractivity contribution is 5.37. The molecule has 5 heteroatoms. The predicted octanol–water partition coefficient (Wildman–Crippen LogP) is 3.36. The number of nitrogens with one attached hydrogen (secondary N) is 1. The van der Waals surface area contributed by atoms with Crippen LogP contribution in [0.4, 0.5) is 8.78 Å². The van der Waals surface area contributed by atoms with Gasteiger partial charge >= 0.3 is 0 Å². The van der Waals surface area contributed by atoms with Crippen molar-refractivity contribution in [1.82, 2.24) is 10.2 Å². The van der Waals surface area contributed by atoms with Gasteiger partial charge in [0.05, 0.1) is 13.2 Å². The van der Waals surface area contributed by atoms with Crippen LogP contribution in [0.2, 0.25) is 0 Å². The molecule has 1 heterocycles. The first-order chi connectivity index (χ1) is 11.7. The lowest BCUT2D eigenvalue weighted by Gasteiger charge is -2.31. The zero-order valence-electron chi connectivity index (χ0n) is 13.8. The third-order valence-electron chi connectivity index (χ3n) is 4.41. The molecular weight excluding hydrogens is 310 g/mol. The fourth-order valence-electron chi connectivity index (χ4n) is 3.25. The minimum atomic E-state index is -0.557. The van der Waals surface area contributed by atoms with Gasteiger partial charge in [0.1, 0.15) is 17.4 Å². The van der Waals surface area contributed by atoms with Gasteiger partial charge in [0.15, 0.2) is 0 Å². The standard InChI is InChI=1S/C19H22F2N2O/c1-24-16-5-2-4-14(12-16)19(23-10-3-8-22-9-11-23)17-7-6-15(20)13-18(17)21/h2,4-7,12-13,19,22H,3,8-11H2,1H3. The molecule has 0 aliphatic carbocycles. The second-order valence-corrected chi connectivity index (χ2v) is 5.98. The van der Waals surface area contributed by atoms with Crippen LogP contribution in [-0.2, 0) is 0 Å². The van der Waals surface area contributed by atoms with E-state index >= 15 is 0 Å². The second kappa shape index (κ2) is 7.73. The molecule has 24 heavy (non-hydrogen) atoms. The number of hydrogen-bond acceptors (Lipinski definition) is 3. The second-order valence-electron chi connectivity index (χ2n) is 5.98. The Bertz CT molecular complexity index is 685. The van der Waals surface area contributed by atoms with Crippen LogP contribution >= 0.6 is 0 Å². The summed E-state index contributed by atoms with van der Waals surface area (Å²) < 4.78 is 33.2. The number of hydrogen-bond donors (Lipinski definition) is 1. The van der Waals surface area contributed by atoms with E-state index in [0.717, 1.165) is 50.0 Å². The predicted molar refractivity (Wildman–Crippen MR) is 90.3 cm³/mol. The summed E-state index contributed by atoms with van der Waals surface area (Å²) in [5, 5.41) is 3.36. The first kappa shape index (κ1) is 16.9. The quantitative estimate of drug-likeness (QED) is 0.929. The van der Waals surface area contributed by atoms with Crippen molar-refractivity contribution >= 4 is 0 Å². The van der Waals surface area contributed by atoms with Gasteiger partial charge in [-0.3, -0.25) is 4.90 Å². The summed E-state index contributed by atoms with van der Waals surface area (Å²) in [5.74, 6) is -0.342. The van der Waals surface area contributed by atoms with Crippen molar-refractivity contribution in [3.63, 3.8) is 0 Å². The Balaban J connectivity index is 2.05. The number of nitrogens with zero attached hydrogens (tertiary/aromatic N) is 1. The normalized spacial score (nSPS) is 17.3. The van der Waals surface area contributed by atoms with Crippen molar-refractivity contribution in [2.45, 2.75) is 12.5 Å². The third kappa shape index (κ3) is 3.74.